The molecule has 0 saturated heterocycles. The van der Waals surface area contributed by atoms with Crippen LogP contribution in [0.4, 0.5) is 0 Å². The Labute approximate surface area is 209 Å². The molecule has 2 aromatic heterocycles. The van der Waals surface area contributed by atoms with E-state index in [9.17, 15) is 29.5 Å². The molecule has 4 rings (SSSR count). The van der Waals surface area contributed by atoms with Gasteiger partial charge in [0.05, 0.1) is 11.6 Å². The van der Waals surface area contributed by atoms with Crippen LogP contribution in [-0.2, 0) is 36.6 Å². The lowest BCUT2D eigenvalue weighted by atomic mass is 9.90. The number of carbonyl (C=O) groups excluding carboxylic acids is 2. The summed E-state index contributed by atoms with van der Waals surface area (Å²) in [6.45, 7) is 4.68. The molecule has 37 heavy (non-hydrogen) atoms. The van der Waals surface area contributed by atoms with E-state index in [1.165, 1.54) is 25.0 Å². The number of nitrogens with one attached hydrogen (secondary N) is 1. The number of nitrogens with two attached hydrogens (primary N) is 1. The highest BCUT2D eigenvalue weighted by Crippen LogP contribution is 2.42. The lowest BCUT2D eigenvalue weighted by molar-refractivity contribution is -0.574. The number of guanidine groups is 1. The second kappa shape index (κ2) is 8.85. The minimum Gasteiger partial charge on any atom is -0.507 e. The molecule has 15 nitrogen and oxygen atoms in total. The molecule has 1 aliphatic heterocycles. The number of ether oxygens (including phenoxy) is 1. The zero-order chi connectivity index (χ0) is 27.4. The number of aliphatic imine (C=N–C) groups is 1. The summed E-state index contributed by atoms with van der Waals surface area (Å²) in [7, 11) is 2.70. The van der Waals surface area contributed by atoms with Crippen LogP contribution in [0.3, 0.4) is 0 Å². The first kappa shape index (κ1) is 25.6. The molecule has 0 spiro atoms. The Morgan fingerprint density at radius 2 is 1.95 bits per heavy atom. The van der Waals surface area contributed by atoms with E-state index in [2.05, 4.69) is 15.3 Å². The van der Waals surface area contributed by atoms with Gasteiger partial charge in [0.1, 0.15) is 11.5 Å². The second-order valence-corrected chi connectivity index (χ2v) is 8.93. The molecule has 0 aliphatic carbocycles. The van der Waals surface area contributed by atoms with Crippen LogP contribution in [0.5, 0.6) is 11.5 Å². The van der Waals surface area contributed by atoms with Gasteiger partial charge >= 0.3 is 17.2 Å². The predicted molar refractivity (Wildman–Crippen MR) is 128 cm³/mol. The van der Waals surface area contributed by atoms with Crippen molar-refractivity contribution in [1.82, 2.24) is 24.1 Å². The monoisotopic (exact) mass is 515 g/mol. The van der Waals surface area contributed by atoms with Gasteiger partial charge in [-0.25, -0.2) is 4.79 Å². The molecule has 1 aliphatic rings. The number of aryl methyl sites for hydroxylation is 1. The maximum Gasteiger partial charge on any atom is 0.393 e. The van der Waals surface area contributed by atoms with Gasteiger partial charge in [-0.2, -0.15) is 14.5 Å². The Morgan fingerprint density at radius 3 is 2.62 bits per heavy atom. The highest BCUT2D eigenvalue weighted by Gasteiger charge is 2.43. The number of fused-ring (bicyclic) bond motifs is 2. The molecule has 1 unspecified atom stereocenters. The number of amides is 2. The Kier molecular flexibility index (Phi) is 6.11. The van der Waals surface area contributed by atoms with E-state index < -0.39 is 35.8 Å². The van der Waals surface area contributed by atoms with Crippen molar-refractivity contribution in [3.63, 3.8) is 0 Å². The van der Waals surface area contributed by atoms with E-state index in [1.54, 1.807) is 20.8 Å². The number of nitrogens with zero attached hydrogens (tertiary/aromatic N) is 6. The van der Waals surface area contributed by atoms with Crippen LogP contribution < -0.4 is 26.0 Å². The van der Waals surface area contributed by atoms with E-state index in [-0.39, 0.29) is 35.6 Å². The van der Waals surface area contributed by atoms with Gasteiger partial charge in [0.2, 0.25) is 11.6 Å². The summed E-state index contributed by atoms with van der Waals surface area (Å²) < 4.78 is 9.12. The average molecular weight is 516 g/mol. The second-order valence-electron chi connectivity index (χ2n) is 8.93. The lowest BCUT2D eigenvalue weighted by Gasteiger charge is -2.33. The van der Waals surface area contributed by atoms with Gasteiger partial charge < -0.3 is 20.7 Å². The first-order chi connectivity index (χ1) is 17.3. The Morgan fingerprint density at radius 1 is 1.27 bits per heavy atom. The molecule has 1 atom stereocenters. The van der Waals surface area contributed by atoms with E-state index in [1.807, 2.05) is 0 Å². The third kappa shape index (κ3) is 4.12. The smallest absolute Gasteiger partial charge is 0.393 e. The third-order valence-corrected chi connectivity index (χ3v) is 6.59. The number of carbonyl (C=O) groups is 2. The summed E-state index contributed by atoms with van der Waals surface area (Å²) in [4.78, 5) is 57.4. The Balaban J connectivity index is 1.52. The molecule has 0 radical (unpaired) electrons. The molecule has 196 valence electrons. The molecule has 5 N–H and O–H groups in total. The largest absolute Gasteiger partial charge is 0.507 e. The van der Waals surface area contributed by atoms with Gasteiger partial charge in [-0.15, -0.1) is 4.68 Å². The summed E-state index contributed by atoms with van der Waals surface area (Å²) in [6.07, 6.45) is 1.30. The first-order valence-corrected chi connectivity index (χ1v) is 11.2. The van der Waals surface area contributed by atoms with Crippen LogP contribution >= 0.6 is 0 Å². The summed E-state index contributed by atoms with van der Waals surface area (Å²) in [5.41, 5.74) is 7.55. The van der Waals surface area contributed by atoms with Gasteiger partial charge in [-0.05, 0) is 48.8 Å². The molecule has 2 amide bonds. The molecule has 0 bridgehead atoms. The Hall–Kier alpha value is -4.53. The number of aliphatic hydroxyl groups is 1. The average Bonchev–Trinajstić information content (AvgIpc) is 3.26. The van der Waals surface area contributed by atoms with Crippen molar-refractivity contribution in [1.29, 1.82) is 0 Å². The summed E-state index contributed by atoms with van der Waals surface area (Å²) in [5.74, 6) is -4.36. The Bertz CT molecular complexity index is 1630. The maximum absolute atomic E-state index is 12.8. The van der Waals surface area contributed by atoms with E-state index in [0.717, 1.165) is 9.25 Å². The zero-order valence-corrected chi connectivity index (χ0v) is 20.9. The minimum absolute atomic E-state index is 0.0538. The molecule has 1 aromatic carbocycles. The number of aromatic nitrogens is 5. The van der Waals surface area contributed by atoms with Crippen LogP contribution in [0.1, 0.15) is 28.7 Å². The van der Waals surface area contributed by atoms with Crippen molar-refractivity contribution in [2.75, 3.05) is 0 Å². The normalized spacial score (nSPS) is 17.4. The van der Waals surface area contributed by atoms with Crippen molar-refractivity contribution in [2.24, 2.45) is 24.8 Å². The van der Waals surface area contributed by atoms with Gasteiger partial charge in [0.15, 0.2) is 12.9 Å². The van der Waals surface area contributed by atoms with Gasteiger partial charge in [0.25, 0.3) is 11.7 Å². The van der Waals surface area contributed by atoms with Gasteiger partial charge in [-0.3, -0.25) is 19.5 Å². The van der Waals surface area contributed by atoms with Crippen molar-refractivity contribution in [3.8, 4) is 11.5 Å². The number of imidazole rings is 1. The topological polar surface area (TPSA) is 202 Å². The van der Waals surface area contributed by atoms with Crippen molar-refractivity contribution < 1.29 is 29.1 Å². The highest BCUT2D eigenvalue weighted by molar-refractivity contribution is 6.02. The quantitative estimate of drug-likeness (QED) is 0.178. The predicted octanol–water partition coefficient (Wildman–Crippen LogP) is -1.71. The summed E-state index contributed by atoms with van der Waals surface area (Å²) >= 11 is 0. The first-order valence-electron chi connectivity index (χ1n) is 11.2. The maximum atomic E-state index is 12.8. The number of phenols is 1. The molecule has 3 heterocycles. The molecule has 0 saturated carbocycles. The third-order valence-electron chi connectivity index (χ3n) is 6.59. The van der Waals surface area contributed by atoms with E-state index >= 15 is 0 Å². The molecule has 3 aromatic rings. The standard InChI is InChI=1S/C22H26N8O7/c1-10-11(2)16-13(12(3)15(10)32)6-7-22(35,37-16)19(33)26-20(23)25-14(31)8-29-9-24-17-18(29)30(36)28(5)21(34)27(17)4/h9,35H,6-8H2,1-5H3,(H3-,23,25,26,31,32,33)/p+1. The lowest BCUT2D eigenvalue weighted by Crippen LogP contribution is -2.49. The highest BCUT2D eigenvalue weighted by atomic mass is 16.6. The van der Waals surface area contributed by atoms with Crippen LogP contribution in [0, 0.1) is 25.7 Å². The fraction of sp³-hybridized carbons (Fsp3) is 0.409. The molecule has 15 heteroatoms. The number of phenolic OH excluding ortho intramolecular Hbond substituents is 1. The fourth-order valence-corrected chi connectivity index (χ4v) is 4.28. The van der Waals surface area contributed by atoms with Crippen LogP contribution in [0.25, 0.3) is 11.3 Å². The minimum atomic E-state index is -2.32. The van der Waals surface area contributed by atoms with Crippen molar-refractivity contribution in [2.45, 2.75) is 45.9 Å². The van der Waals surface area contributed by atoms with Crippen LogP contribution in [0.2, 0.25) is 0 Å². The number of hydrogen-bond acceptors (Lipinski definition) is 8. The molecular weight excluding hydrogens is 488 g/mol. The molecule has 0 fully saturated rings. The van der Waals surface area contributed by atoms with Gasteiger partial charge in [0, 0.05) is 19.0 Å². The van der Waals surface area contributed by atoms with Gasteiger partial charge in [-0.1, -0.05) is 0 Å². The van der Waals surface area contributed by atoms with E-state index in [4.69, 9.17) is 10.5 Å². The van der Waals surface area contributed by atoms with Crippen molar-refractivity contribution >= 4 is 29.1 Å². The SMILES string of the molecule is Cc1c(C)c2c(c(C)c1O)CCC(O)(C(=O)N=C(N)NC(=O)Cn1cnc3c1[n+](=O)n(C)c(=O)n3C)O2. The fourth-order valence-electron chi connectivity index (χ4n) is 4.28. The summed E-state index contributed by atoms with van der Waals surface area (Å²) in [5, 5.41) is 23.4. The van der Waals surface area contributed by atoms with E-state index in [0.29, 0.717) is 26.8 Å². The number of rotatable bonds is 3. The number of benzene rings is 1. The number of aromatic hydroxyl groups is 1. The molecular formula is C22H27N8O7+. The van der Waals surface area contributed by atoms with Crippen molar-refractivity contribution in [3.05, 3.63) is 44.0 Å². The van der Waals surface area contributed by atoms with Crippen LogP contribution in [-0.4, -0.2) is 52.6 Å². The van der Waals surface area contributed by atoms with Crippen LogP contribution in [0.15, 0.2) is 16.1 Å². The number of hydrogen-bond donors (Lipinski definition) is 4. The summed E-state index contributed by atoms with van der Waals surface area (Å²) in [6, 6.07) is 0. The zero-order valence-electron chi connectivity index (χ0n) is 20.9.